The maximum atomic E-state index is 13.6. The Morgan fingerprint density at radius 1 is 1.25 bits per heavy atom. The molecule has 0 bridgehead atoms. The van der Waals surface area contributed by atoms with Gasteiger partial charge in [-0.3, -0.25) is 10.1 Å². The molecule has 1 aliphatic heterocycles. The lowest BCUT2D eigenvalue weighted by atomic mass is 10.1. The Morgan fingerprint density at radius 3 is 2.85 bits per heavy atom. The fraction of sp³-hybridized carbons (Fsp3) is 0.133. The van der Waals surface area contributed by atoms with Crippen molar-refractivity contribution in [2.75, 3.05) is 5.32 Å². The zero-order valence-electron chi connectivity index (χ0n) is 10.5. The molecule has 102 valence electrons. The normalized spacial score (nSPS) is 16.9. The van der Waals surface area contributed by atoms with Gasteiger partial charge in [0.1, 0.15) is 11.9 Å². The summed E-state index contributed by atoms with van der Waals surface area (Å²) >= 11 is 5.95. The van der Waals surface area contributed by atoms with Gasteiger partial charge in [0.05, 0.1) is 0 Å². The zero-order chi connectivity index (χ0) is 14.1. The van der Waals surface area contributed by atoms with Crippen LogP contribution in [0.3, 0.4) is 0 Å². The predicted octanol–water partition coefficient (Wildman–Crippen LogP) is 3.26. The molecule has 0 saturated carbocycles. The van der Waals surface area contributed by atoms with Gasteiger partial charge in [0.2, 0.25) is 5.91 Å². The standard InChI is InChI=1S/C15H12ClFN2O/c16-10-5-6-13-11(7-10)14(15(20)19-13)18-8-9-3-1-2-4-12(9)17/h1-7,14,18H,8H2,(H,19,20). The van der Waals surface area contributed by atoms with Crippen LogP contribution in [0.5, 0.6) is 0 Å². The molecule has 5 heteroatoms. The molecule has 1 amide bonds. The molecule has 1 aliphatic rings. The fourth-order valence-electron chi connectivity index (χ4n) is 2.29. The summed E-state index contributed by atoms with van der Waals surface area (Å²) in [5, 5.41) is 6.40. The van der Waals surface area contributed by atoms with E-state index >= 15 is 0 Å². The Morgan fingerprint density at radius 2 is 2.05 bits per heavy atom. The number of nitrogens with one attached hydrogen (secondary N) is 2. The second-order valence-electron chi connectivity index (χ2n) is 4.63. The van der Waals surface area contributed by atoms with Crippen molar-refractivity contribution in [3.8, 4) is 0 Å². The van der Waals surface area contributed by atoms with Gasteiger partial charge in [0.25, 0.3) is 0 Å². The lowest BCUT2D eigenvalue weighted by Crippen LogP contribution is -2.27. The molecule has 0 saturated heterocycles. The van der Waals surface area contributed by atoms with Gasteiger partial charge in [-0.2, -0.15) is 0 Å². The first-order valence-electron chi connectivity index (χ1n) is 6.22. The Bertz CT molecular complexity index is 675. The van der Waals surface area contributed by atoms with E-state index in [9.17, 15) is 9.18 Å². The predicted molar refractivity (Wildman–Crippen MR) is 76.1 cm³/mol. The van der Waals surface area contributed by atoms with Gasteiger partial charge in [-0.05, 0) is 24.3 Å². The second-order valence-corrected chi connectivity index (χ2v) is 5.06. The van der Waals surface area contributed by atoms with Gasteiger partial charge in [-0.25, -0.2) is 4.39 Å². The van der Waals surface area contributed by atoms with E-state index in [1.165, 1.54) is 6.07 Å². The number of carbonyl (C=O) groups is 1. The first-order valence-corrected chi connectivity index (χ1v) is 6.60. The summed E-state index contributed by atoms with van der Waals surface area (Å²) in [6, 6.07) is 11.2. The van der Waals surface area contributed by atoms with Crippen LogP contribution in [0.4, 0.5) is 10.1 Å². The molecule has 2 aromatic rings. The number of halogens is 2. The number of carbonyl (C=O) groups excluding carboxylic acids is 1. The minimum Gasteiger partial charge on any atom is -0.324 e. The molecule has 0 spiro atoms. The van der Waals surface area contributed by atoms with Crippen molar-refractivity contribution in [1.82, 2.24) is 5.32 Å². The summed E-state index contributed by atoms with van der Waals surface area (Å²) in [6.07, 6.45) is 0. The highest BCUT2D eigenvalue weighted by Crippen LogP contribution is 2.33. The molecule has 20 heavy (non-hydrogen) atoms. The maximum Gasteiger partial charge on any atom is 0.246 e. The Hall–Kier alpha value is -1.91. The number of hydrogen-bond acceptors (Lipinski definition) is 2. The SMILES string of the molecule is O=C1Nc2ccc(Cl)cc2C1NCc1ccccc1F. The van der Waals surface area contributed by atoms with E-state index in [4.69, 9.17) is 11.6 Å². The molecule has 0 aliphatic carbocycles. The van der Waals surface area contributed by atoms with Crippen LogP contribution in [0, 0.1) is 5.82 Å². The highest BCUT2D eigenvalue weighted by molar-refractivity contribution is 6.31. The molecule has 1 atom stereocenters. The largest absolute Gasteiger partial charge is 0.324 e. The third-order valence-electron chi connectivity index (χ3n) is 3.30. The average Bonchev–Trinajstić information content (AvgIpc) is 2.73. The summed E-state index contributed by atoms with van der Waals surface area (Å²) in [5.41, 5.74) is 2.06. The molecule has 2 N–H and O–H groups in total. The number of fused-ring (bicyclic) bond motifs is 1. The molecule has 1 heterocycles. The van der Waals surface area contributed by atoms with Gasteiger partial charge in [0.15, 0.2) is 0 Å². The van der Waals surface area contributed by atoms with Crippen molar-refractivity contribution in [3.05, 3.63) is 64.4 Å². The van der Waals surface area contributed by atoms with Gasteiger partial charge in [0, 0.05) is 28.4 Å². The molecule has 0 fully saturated rings. The minimum absolute atomic E-state index is 0.154. The van der Waals surface area contributed by atoms with E-state index in [-0.39, 0.29) is 18.3 Å². The van der Waals surface area contributed by atoms with Crippen molar-refractivity contribution < 1.29 is 9.18 Å². The monoisotopic (exact) mass is 290 g/mol. The fourth-order valence-corrected chi connectivity index (χ4v) is 2.47. The first-order chi connectivity index (χ1) is 9.65. The number of hydrogen-bond donors (Lipinski definition) is 2. The van der Waals surface area contributed by atoms with Crippen LogP contribution in [-0.4, -0.2) is 5.91 Å². The van der Waals surface area contributed by atoms with Crippen molar-refractivity contribution in [3.63, 3.8) is 0 Å². The van der Waals surface area contributed by atoms with Crippen molar-refractivity contribution >= 4 is 23.2 Å². The first kappa shape index (κ1) is 13.1. The lowest BCUT2D eigenvalue weighted by Gasteiger charge is -2.12. The summed E-state index contributed by atoms with van der Waals surface area (Å²) in [5.74, 6) is -0.441. The number of amides is 1. The smallest absolute Gasteiger partial charge is 0.246 e. The van der Waals surface area contributed by atoms with Crippen LogP contribution in [-0.2, 0) is 11.3 Å². The third kappa shape index (κ3) is 2.40. The summed E-state index contributed by atoms with van der Waals surface area (Å²) in [4.78, 5) is 11.9. The summed E-state index contributed by atoms with van der Waals surface area (Å²) < 4.78 is 13.6. The van der Waals surface area contributed by atoms with Crippen molar-refractivity contribution in [2.45, 2.75) is 12.6 Å². The topological polar surface area (TPSA) is 41.1 Å². The van der Waals surface area contributed by atoms with Crippen LogP contribution in [0.2, 0.25) is 5.02 Å². The van der Waals surface area contributed by atoms with Gasteiger partial charge >= 0.3 is 0 Å². The number of benzene rings is 2. The van der Waals surface area contributed by atoms with E-state index in [0.717, 1.165) is 11.3 Å². The van der Waals surface area contributed by atoms with E-state index in [2.05, 4.69) is 10.6 Å². The van der Waals surface area contributed by atoms with E-state index < -0.39 is 6.04 Å². The van der Waals surface area contributed by atoms with Crippen molar-refractivity contribution in [2.24, 2.45) is 0 Å². The third-order valence-corrected chi connectivity index (χ3v) is 3.53. The second kappa shape index (κ2) is 5.23. The van der Waals surface area contributed by atoms with Crippen molar-refractivity contribution in [1.29, 1.82) is 0 Å². The van der Waals surface area contributed by atoms with E-state index in [1.54, 1.807) is 36.4 Å². The maximum absolute atomic E-state index is 13.6. The highest BCUT2D eigenvalue weighted by Gasteiger charge is 2.30. The van der Waals surface area contributed by atoms with Crippen LogP contribution in [0.1, 0.15) is 17.2 Å². The zero-order valence-corrected chi connectivity index (χ0v) is 11.2. The molecule has 0 aromatic heterocycles. The lowest BCUT2D eigenvalue weighted by molar-refractivity contribution is -0.117. The van der Waals surface area contributed by atoms with Crippen LogP contribution >= 0.6 is 11.6 Å². The van der Waals surface area contributed by atoms with Gasteiger partial charge in [-0.1, -0.05) is 29.8 Å². The quantitative estimate of drug-likeness (QED) is 0.911. The number of anilines is 1. The minimum atomic E-state index is -0.511. The molecule has 2 aromatic carbocycles. The molecular weight excluding hydrogens is 279 g/mol. The number of rotatable bonds is 3. The Balaban J connectivity index is 1.80. The molecule has 3 nitrogen and oxygen atoms in total. The van der Waals surface area contributed by atoms with Gasteiger partial charge in [-0.15, -0.1) is 0 Å². The molecule has 3 rings (SSSR count). The van der Waals surface area contributed by atoms with E-state index in [1.807, 2.05) is 0 Å². The van der Waals surface area contributed by atoms with Crippen LogP contribution in [0.15, 0.2) is 42.5 Å². The van der Waals surface area contributed by atoms with E-state index in [0.29, 0.717) is 10.6 Å². The Kier molecular flexibility index (Phi) is 3.42. The Labute approximate surface area is 120 Å². The van der Waals surface area contributed by atoms with Gasteiger partial charge < -0.3 is 5.32 Å². The highest BCUT2D eigenvalue weighted by atomic mass is 35.5. The molecule has 0 radical (unpaired) electrons. The van der Waals surface area contributed by atoms with Crippen LogP contribution < -0.4 is 10.6 Å². The summed E-state index contributed by atoms with van der Waals surface area (Å²) in [6.45, 7) is 0.275. The molecule has 1 unspecified atom stereocenters. The molecular formula is C15H12ClFN2O. The average molecular weight is 291 g/mol. The summed E-state index contributed by atoms with van der Waals surface area (Å²) in [7, 11) is 0. The van der Waals surface area contributed by atoms with Crippen LogP contribution in [0.25, 0.3) is 0 Å².